The Morgan fingerprint density at radius 2 is 2.50 bits per heavy atom. The van der Waals surface area contributed by atoms with Crippen molar-refractivity contribution in [3.63, 3.8) is 0 Å². The molecule has 0 radical (unpaired) electrons. The normalized spacial score (nSPS) is 11.1. The van der Waals surface area contributed by atoms with E-state index in [1.165, 1.54) is 6.20 Å². The molecule has 1 heterocycles. The van der Waals surface area contributed by atoms with Gasteiger partial charge in [-0.05, 0) is 13.0 Å². The van der Waals surface area contributed by atoms with Crippen molar-refractivity contribution in [1.29, 1.82) is 5.26 Å². The molecule has 14 heavy (non-hydrogen) atoms. The first-order valence-electron chi connectivity index (χ1n) is 4.19. The van der Waals surface area contributed by atoms with E-state index in [2.05, 4.69) is 21.2 Å². The van der Waals surface area contributed by atoms with E-state index in [0.717, 1.165) is 0 Å². The van der Waals surface area contributed by atoms with Crippen molar-refractivity contribution in [3.8, 4) is 18.4 Å². The van der Waals surface area contributed by atoms with Crippen LogP contribution in [-0.2, 0) is 0 Å². The second-order valence-electron chi connectivity index (χ2n) is 2.83. The Bertz CT molecular complexity index is 386. The molecule has 1 unspecified atom stereocenters. The molecule has 1 atom stereocenters. The van der Waals surface area contributed by atoms with Gasteiger partial charge in [-0.1, -0.05) is 0 Å². The van der Waals surface area contributed by atoms with Crippen molar-refractivity contribution in [2.45, 2.75) is 19.4 Å². The van der Waals surface area contributed by atoms with Gasteiger partial charge in [-0.25, -0.2) is 9.97 Å². The van der Waals surface area contributed by atoms with Crippen molar-refractivity contribution in [3.05, 3.63) is 18.0 Å². The maximum absolute atomic E-state index is 8.60. The topological polar surface area (TPSA) is 61.6 Å². The summed E-state index contributed by atoms with van der Waals surface area (Å²) in [6, 6.07) is 3.60. The number of rotatable bonds is 3. The second-order valence-corrected chi connectivity index (χ2v) is 2.83. The zero-order chi connectivity index (χ0) is 10.4. The zero-order valence-corrected chi connectivity index (χ0v) is 7.86. The molecule has 0 amide bonds. The molecule has 1 N–H and O–H groups in total. The quantitative estimate of drug-likeness (QED) is 0.720. The summed E-state index contributed by atoms with van der Waals surface area (Å²) < 4.78 is 0. The standard InChI is InChI=1S/C10H10N4/c1-3-4-8(2)13-10-12-6-5-9(7-11)14-10/h1,5-6,8H,4H2,2H3,(H,12,13,14). The summed E-state index contributed by atoms with van der Waals surface area (Å²) in [7, 11) is 0. The minimum atomic E-state index is 0.106. The van der Waals surface area contributed by atoms with E-state index >= 15 is 0 Å². The van der Waals surface area contributed by atoms with Crippen molar-refractivity contribution < 1.29 is 0 Å². The van der Waals surface area contributed by atoms with Crippen LogP contribution in [0.25, 0.3) is 0 Å². The number of nitrogens with one attached hydrogen (secondary N) is 1. The summed E-state index contributed by atoms with van der Waals surface area (Å²) in [5, 5.41) is 11.6. The van der Waals surface area contributed by atoms with Crippen LogP contribution in [-0.4, -0.2) is 16.0 Å². The van der Waals surface area contributed by atoms with Crippen LogP contribution in [0.3, 0.4) is 0 Å². The van der Waals surface area contributed by atoms with Gasteiger partial charge in [0, 0.05) is 18.7 Å². The Balaban J connectivity index is 2.69. The van der Waals surface area contributed by atoms with Gasteiger partial charge >= 0.3 is 0 Å². The lowest BCUT2D eigenvalue weighted by molar-refractivity contribution is 0.811. The Morgan fingerprint density at radius 3 is 3.14 bits per heavy atom. The van der Waals surface area contributed by atoms with Gasteiger partial charge in [0.2, 0.25) is 5.95 Å². The van der Waals surface area contributed by atoms with Crippen LogP contribution in [0.4, 0.5) is 5.95 Å². The van der Waals surface area contributed by atoms with Crippen LogP contribution < -0.4 is 5.32 Å². The molecule has 0 aliphatic rings. The highest BCUT2D eigenvalue weighted by atomic mass is 15.1. The van der Waals surface area contributed by atoms with Crippen LogP contribution >= 0.6 is 0 Å². The fraction of sp³-hybridized carbons (Fsp3) is 0.300. The molecule has 4 heteroatoms. The smallest absolute Gasteiger partial charge is 0.224 e. The van der Waals surface area contributed by atoms with E-state index in [4.69, 9.17) is 11.7 Å². The average Bonchev–Trinajstić information content (AvgIpc) is 2.18. The van der Waals surface area contributed by atoms with Gasteiger partial charge in [-0.15, -0.1) is 12.3 Å². The molecule has 0 saturated heterocycles. The highest BCUT2D eigenvalue weighted by Crippen LogP contribution is 2.02. The molecule has 0 aliphatic carbocycles. The number of nitrogens with zero attached hydrogens (tertiary/aromatic N) is 3. The number of hydrogen-bond acceptors (Lipinski definition) is 4. The van der Waals surface area contributed by atoms with E-state index < -0.39 is 0 Å². The molecule has 1 rings (SSSR count). The summed E-state index contributed by atoms with van der Waals surface area (Å²) in [5.41, 5.74) is 0.343. The minimum absolute atomic E-state index is 0.106. The molecular formula is C10H10N4. The Morgan fingerprint density at radius 1 is 1.71 bits per heavy atom. The van der Waals surface area contributed by atoms with Crippen LogP contribution in [0.15, 0.2) is 12.3 Å². The van der Waals surface area contributed by atoms with Crippen LogP contribution in [0.5, 0.6) is 0 Å². The van der Waals surface area contributed by atoms with E-state index in [-0.39, 0.29) is 6.04 Å². The fourth-order valence-corrected chi connectivity index (χ4v) is 0.939. The largest absolute Gasteiger partial charge is 0.351 e. The number of nitriles is 1. The molecule has 1 aromatic rings. The molecule has 0 spiro atoms. The maximum atomic E-state index is 8.60. The summed E-state index contributed by atoms with van der Waals surface area (Å²) >= 11 is 0. The molecular weight excluding hydrogens is 176 g/mol. The zero-order valence-electron chi connectivity index (χ0n) is 7.86. The van der Waals surface area contributed by atoms with Gasteiger partial charge < -0.3 is 5.32 Å². The number of anilines is 1. The highest BCUT2D eigenvalue weighted by molar-refractivity contribution is 5.31. The SMILES string of the molecule is C#CCC(C)Nc1nccc(C#N)n1. The minimum Gasteiger partial charge on any atom is -0.351 e. The number of aromatic nitrogens is 2. The monoisotopic (exact) mass is 186 g/mol. The van der Waals surface area contributed by atoms with Gasteiger partial charge in [-0.3, -0.25) is 0 Å². The van der Waals surface area contributed by atoms with Crippen LogP contribution in [0.1, 0.15) is 19.0 Å². The lowest BCUT2D eigenvalue weighted by atomic mass is 10.2. The van der Waals surface area contributed by atoms with E-state index in [9.17, 15) is 0 Å². The molecule has 4 nitrogen and oxygen atoms in total. The van der Waals surface area contributed by atoms with Gasteiger partial charge in [0.25, 0.3) is 0 Å². The average molecular weight is 186 g/mol. The Kier molecular flexibility index (Phi) is 3.46. The number of terminal acetylenes is 1. The van der Waals surface area contributed by atoms with Crippen molar-refractivity contribution >= 4 is 5.95 Å². The maximum Gasteiger partial charge on any atom is 0.224 e. The summed E-state index contributed by atoms with van der Waals surface area (Å²) in [6.45, 7) is 1.93. The predicted molar refractivity (Wildman–Crippen MR) is 53.3 cm³/mol. The van der Waals surface area contributed by atoms with Gasteiger partial charge in [0.1, 0.15) is 11.8 Å². The first-order valence-corrected chi connectivity index (χ1v) is 4.19. The van der Waals surface area contributed by atoms with E-state index in [1.54, 1.807) is 6.07 Å². The summed E-state index contributed by atoms with van der Waals surface area (Å²) in [4.78, 5) is 7.93. The van der Waals surface area contributed by atoms with Crippen molar-refractivity contribution in [1.82, 2.24) is 9.97 Å². The van der Waals surface area contributed by atoms with Gasteiger partial charge in [0.05, 0.1) is 0 Å². The lowest BCUT2D eigenvalue weighted by Gasteiger charge is -2.09. The Labute approximate surface area is 83.0 Å². The van der Waals surface area contributed by atoms with E-state index in [0.29, 0.717) is 18.1 Å². The van der Waals surface area contributed by atoms with Crippen molar-refractivity contribution in [2.24, 2.45) is 0 Å². The highest BCUT2D eigenvalue weighted by Gasteiger charge is 2.02. The summed E-state index contributed by atoms with van der Waals surface area (Å²) in [6.07, 6.45) is 7.29. The van der Waals surface area contributed by atoms with E-state index in [1.807, 2.05) is 13.0 Å². The molecule has 0 fully saturated rings. The van der Waals surface area contributed by atoms with Gasteiger partial charge in [0.15, 0.2) is 0 Å². The fourth-order valence-electron chi connectivity index (χ4n) is 0.939. The first kappa shape index (κ1) is 10.0. The molecule has 0 aromatic carbocycles. The number of hydrogen-bond donors (Lipinski definition) is 1. The Hall–Kier alpha value is -2.07. The third-order valence-corrected chi connectivity index (χ3v) is 1.57. The third kappa shape index (κ3) is 2.76. The predicted octanol–water partition coefficient (Wildman–Crippen LogP) is 1.17. The molecule has 0 bridgehead atoms. The lowest BCUT2D eigenvalue weighted by Crippen LogP contribution is -2.16. The van der Waals surface area contributed by atoms with Crippen molar-refractivity contribution in [2.75, 3.05) is 5.32 Å². The third-order valence-electron chi connectivity index (χ3n) is 1.57. The first-order chi connectivity index (χ1) is 6.76. The molecule has 1 aromatic heterocycles. The molecule has 0 aliphatic heterocycles. The van der Waals surface area contributed by atoms with Crippen LogP contribution in [0, 0.1) is 23.7 Å². The molecule has 0 saturated carbocycles. The summed E-state index contributed by atoms with van der Waals surface area (Å²) in [5.74, 6) is 2.97. The second kappa shape index (κ2) is 4.84. The van der Waals surface area contributed by atoms with Gasteiger partial charge in [-0.2, -0.15) is 5.26 Å². The van der Waals surface area contributed by atoms with Crippen LogP contribution in [0.2, 0.25) is 0 Å². The molecule has 70 valence electrons.